The van der Waals surface area contributed by atoms with Gasteiger partial charge in [0.15, 0.2) is 9.84 Å². The number of halogens is 2. The molecule has 1 heterocycles. The quantitative estimate of drug-likeness (QED) is 0.466. The predicted molar refractivity (Wildman–Crippen MR) is 132 cm³/mol. The Bertz CT molecular complexity index is 1400. The zero-order chi connectivity index (χ0) is 25.9. The van der Waals surface area contributed by atoms with Crippen LogP contribution in [0.2, 0.25) is 0 Å². The lowest BCUT2D eigenvalue weighted by Crippen LogP contribution is -2.31. The van der Waals surface area contributed by atoms with Crippen molar-refractivity contribution in [3.63, 3.8) is 0 Å². The minimum atomic E-state index is -3.34. The van der Waals surface area contributed by atoms with E-state index in [-0.39, 0.29) is 34.2 Å². The van der Waals surface area contributed by atoms with Crippen molar-refractivity contribution in [2.45, 2.75) is 51.1 Å². The fraction of sp³-hybridized carbons (Fsp3) is 0.308. The second-order valence-electron chi connectivity index (χ2n) is 8.52. The number of pyridine rings is 1. The summed E-state index contributed by atoms with van der Waals surface area (Å²) in [5.74, 6) is -0.606. The third kappa shape index (κ3) is 5.85. The first-order valence-corrected chi connectivity index (χ1v) is 13.0. The second kappa shape index (κ2) is 10.5. The van der Waals surface area contributed by atoms with Crippen LogP contribution in [0.15, 0.2) is 64.4 Å². The molecule has 3 aromatic rings. The highest BCUT2D eigenvalue weighted by Crippen LogP contribution is 2.28. The van der Waals surface area contributed by atoms with Gasteiger partial charge in [-0.05, 0) is 49.6 Å². The van der Waals surface area contributed by atoms with Gasteiger partial charge in [-0.1, -0.05) is 37.3 Å². The maximum absolute atomic E-state index is 13.4. The molecule has 0 aliphatic heterocycles. The summed E-state index contributed by atoms with van der Waals surface area (Å²) in [6.07, 6.45) is 0.660. The highest BCUT2D eigenvalue weighted by molar-refractivity contribution is 7.90. The van der Waals surface area contributed by atoms with E-state index in [0.717, 1.165) is 12.7 Å². The van der Waals surface area contributed by atoms with Gasteiger partial charge in [-0.3, -0.25) is 9.59 Å². The lowest BCUT2D eigenvalue weighted by atomic mass is 9.98. The Morgan fingerprint density at radius 3 is 2.34 bits per heavy atom. The summed E-state index contributed by atoms with van der Waals surface area (Å²) < 4.78 is 51.7. The molecular formula is C26H28F2N2O4S. The van der Waals surface area contributed by atoms with E-state index in [9.17, 15) is 26.8 Å². The van der Waals surface area contributed by atoms with Crippen molar-refractivity contribution >= 4 is 15.7 Å². The smallest absolute Gasteiger partial charge is 0.263 e. The predicted octanol–water partition coefficient (Wildman–Crippen LogP) is 5.07. The molecule has 9 heteroatoms. The number of hydrogen-bond acceptors (Lipinski definition) is 4. The van der Waals surface area contributed by atoms with Crippen molar-refractivity contribution < 1.29 is 22.0 Å². The zero-order valence-corrected chi connectivity index (χ0v) is 20.8. The molecule has 1 aromatic heterocycles. The van der Waals surface area contributed by atoms with Crippen LogP contribution in [0.3, 0.4) is 0 Å². The summed E-state index contributed by atoms with van der Waals surface area (Å²) in [6.45, 7) is 5.74. The molecule has 2 aromatic carbocycles. The third-order valence-corrected chi connectivity index (χ3v) is 7.16. The largest absolute Gasteiger partial charge is 0.348 e. The van der Waals surface area contributed by atoms with E-state index < -0.39 is 27.6 Å². The number of nitrogens with one attached hydrogen (secondary N) is 1. The first-order chi connectivity index (χ1) is 16.4. The van der Waals surface area contributed by atoms with Crippen LogP contribution in [0.4, 0.5) is 8.78 Å². The van der Waals surface area contributed by atoms with Crippen molar-refractivity contribution in [2.24, 2.45) is 0 Å². The second-order valence-corrected chi connectivity index (χ2v) is 10.5. The van der Waals surface area contributed by atoms with Gasteiger partial charge >= 0.3 is 0 Å². The number of benzene rings is 2. The minimum absolute atomic E-state index is 0.0391. The number of nitrogens with zero attached hydrogens (tertiary/aromatic N) is 1. The molecule has 0 fully saturated rings. The Morgan fingerprint density at radius 2 is 1.77 bits per heavy atom. The Hall–Kier alpha value is -3.33. The number of amides is 1. The Morgan fingerprint density at radius 1 is 1.11 bits per heavy atom. The van der Waals surface area contributed by atoms with Crippen LogP contribution in [0.5, 0.6) is 0 Å². The molecule has 0 spiro atoms. The van der Waals surface area contributed by atoms with Crippen molar-refractivity contribution in [1.82, 2.24) is 9.88 Å². The standard InChI is InChI=1S/C26H28F2N2O4S/c1-5-16(2)30-15-22(26(32)29-14-18-9-11-21(12-10-18)35(4,33)34)24(31)23(17(30)3)19-7-6-8-20(13-19)25(27)28/h6-13,15-16,25H,5,14H2,1-4H3,(H,29,32)/t16-/m1/s1. The zero-order valence-electron chi connectivity index (χ0n) is 20.0. The monoisotopic (exact) mass is 502 g/mol. The van der Waals surface area contributed by atoms with Crippen LogP contribution >= 0.6 is 0 Å². The number of hydrogen-bond donors (Lipinski definition) is 1. The highest BCUT2D eigenvalue weighted by atomic mass is 32.2. The van der Waals surface area contributed by atoms with Crippen molar-refractivity contribution in [3.8, 4) is 11.1 Å². The topological polar surface area (TPSA) is 85.2 Å². The molecular weight excluding hydrogens is 474 g/mol. The number of carbonyl (C=O) groups excluding carboxylic acids is 1. The van der Waals surface area contributed by atoms with Crippen molar-refractivity contribution in [2.75, 3.05) is 6.26 Å². The first-order valence-electron chi connectivity index (χ1n) is 11.2. The molecule has 0 bridgehead atoms. The lowest BCUT2D eigenvalue weighted by Gasteiger charge is -2.22. The van der Waals surface area contributed by atoms with Gasteiger partial charge in [0.1, 0.15) is 5.56 Å². The van der Waals surface area contributed by atoms with Gasteiger partial charge < -0.3 is 9.88 Å². The summed E-state index contributed by atoms with van der Waals surface area (Å²) in [5, 5.41) is 2.70. The number of carbonyl (C=O) groups is 1. The van der Waals surface area contributed by atoms with Crippen LogP contribution in [0, 0.1) is 6.92 Å². The molecule has 1 N–H and O–H groups in total. The van der Waals surface area contributed by atoms with Gasteiger partial charge in [-0.25, -0.2) is 17.2 Å². The molecule has 0 saturated carbocycles. The molecule has 1 amide bonds. The third-order valence-electron chi connectivity index (χ3n) is 6.03. The van der Waals surface area contributed by atoms with E-state index in [0.29, 0.717) is 16.8 Å². The van der Waals surface area contributed by atoms with Crippen LogP contribution in [-0.2, 0) is 16.4 Å². The average Bonchev–Trinajstić information content (AvgIpc) is 2.82. The summed E-state index contributed by atoms with van der Waals surface area (Å²) in [7, 11) is -3.34. The lowest BCUT2D eigenvalue weighted by molar-refractivity contribution is 0.0948. The van der Waals surface area contributed by atoms with E-state index >= 15 is 0 Å². The van der Waals surface area contributed by atoms with Gasteiger partial charge in [0.25, 0.3) is 12.3 Å². The molecule has 186 valence electrons. The molecule has 0 radical (unpaired) electrons. The van der Waals surface area contributed by atoms with Gasteiger partial charge in [0, 0.05) is 41.9 Å². The molecule has 0 saturated heterocycles. The minimum Gasteiger partial charge on any atom is -0.348 e. The Balaban J connectivity index is 2.01. The van der Waals surface area contributed by atoms with Crippen LogP contribution in [0.1, 0.15) is 59.9 Å². The van der Waals surface area contributed by atoms with Crippen molar-refractivity contribution in [1.29, 1.82) is 0 Å². The van der Waals surface area contributed by atoms with Gasteiger partial charge in [-0.15, -0.1) is 0 Å². The fourth-order valence-electron chi connectivity index (χ4n) is 3.84. The summed E-state index contributed by atoms with van der Waals surface area (Å²) in [6, 6.07) is 11.7. The SMILES string of the molecule is CC[C@@H](C)n1cc(C(=O)NCc2ccc(S(C)(=O)=O)cc2)c(=O)c(-c2cccc(C(F)F)c2)c1C. The molecule has 6 nitrogen and oxygen atoms in total. The van der Waals surface area contributed by atoms with Gasteiger partial charge in [-0.2, -0.15) is 0 Å². The maximum atomic E-state index is 13.4. The number of rotatable bonds is 8. The molecule has 1 atom stereocenters. The van der Waals surface area contributed by atoms with E-state index in [1.165, 1.54) is 36.5 Å². The summed E-state index contributed by atoms with van der Waals surface area (Å²) in [5.41, 5.74) is 0.934. The summed E-state index contributed by atoms with van der Waals surface area (Å²) >= 11 is 0. The average molecular weight is 503 g/mol. The fourth-order valence-corrected chi connectivity index (χ4v) is 4.47. The normalized spacial score (nSPS) is 12.5. The van der Waals surface area contributed by atoms with Crippen LogP contribution in [-0.4, -0.2) is 25.1 Å². The highest BCUT2D eigenvalue weighted by Gasteiger charge is 2.21. The number of alkyl halides is 2. The first kappa shape index (κ1) is 26.3. The number of aromatic nitrogens is 1. The maximum Gasteiger partial charge on any atom is 0.263 e. The molecule has 0 aliphatic carbocycles. The van der Waals surface area contributed by atoms with Crippen LogP contribution in [0.25, 0.3) is 11.1 Å². The number of sulfone groups is 1. The van der Waals surface area contributed by atoms with Crippen LogP contribution < -0.4 is 10.7 Å². The Labute approximate surface area is 203 Å². The molecule has 0 unspecified atom stereocenters. The summed E-state index contributed by atoms with van der Waals surface area (Å²) in [4.78, 5) is 26.6. The van der Waals surface area contributed by atoms with E-state index in [4.69, 9.17) is 0 Å². The van der Waals surface area contributed by atoms with Gasteiger partial charge in [0.05, 0.1) is 4.90 Å². The Kier molecular flexibility index (Phi) is 7.90. The van der Waals surface area contributed by atoms with E-state index in [1.807, 2.05) is 18.4 Å². The van der Waals surface area contributed by atoms with E-state index in [1.54, 1.807) is 25.1 Å². The molecule has 0 aliphatic rings. The molecule has 35 heavy (non-hydrogen) atoms. The van der Waals surface area contributed by atoms with Gasteiger partial charge in [0.2, 0.25) is 5.43 Å². The van der Waals surface area contributed by atoms with Crippen molar-refractivity contribution in [3.05, 3.63) is 87.3 Å². The molecule has 3 rings (SSSR count). The van der Waals surface area contributed by atoms with E-state index in [2.05, 4.69) is 5.32 Å².